The maximum atomic E-state index is 12.5. The highest BCUT2D eigenvalue weighted by atomic mass is 35.5. The van der Waals surface area contributed by atoms with E-state index in [2.05, 4.69) is 10.6 Å². The van der Waals surface area contributed by atoms with E-state index in [1.807, 2.05) is 31.2 Å². The largest absolute Gasteiger partial charge is 0.326 e. The summed E-state index contributed by atoms with van der Waals surface area (Å²) in [6.45, 7) is 1.93. The van der Waals surface area contributed by atoms with Gasteiger partial charge in [0.2, 0.25) is 5.91 Å². The molecule has 0 radical (unpaired) electrons. The number of anilines is 2. The summed E-state index contributed by atoms with van der Waals surface area (Å²) in [5.41, 5.74) is 2.74. The molecule has 2 amide bonds. The average Bonchev–Trinajstić information content (AvgIpc) is 2.71. The molecular weight excluding hydrogens is 471 g/mol. The predicted molar refractivity (Wildman–Crippen MR) is 127 cm³/mol. The van der Waals surface area contributed by atoms with Gasteiger partial charge in [0.1, 0.15) is 0 Å². The van der Waals surface area contributed by atoms with Crippen molar-refractivity contribution in [3.05, 3.63) is 87.4 Å². The highest BCUT2D eigenvalue weighted by molar-refractivity contribution is 7.90. The van der Waals surface area contributed by atoms with Gasteiger partial charge in [-0.25, -0.2) is 8.42 Å². The van der Waals surface area contributed by atoms with Gasteiger partial charge in [-0.05, 0) is 54.4 Å². The average molecular weight is 491 g/mol. The first kappa shape index (κ1) is 23.8. The van der Waals surface area contributed by atoms with Gasteiger partial charge >= 0.3 is 0 Å². The number of aryl methyl sites for hydroxylation is 1. The van der Waals surface area contributed by atoms with Gasteiger partial charge in [-0.15, -0.1) is 0 Å². The quantitative estimate of drug-likeness (QED) is 0.500. The zero-order chi connectivity index (χ0) is 23.5. The van der Waals surface area contributed by atoms with Crippen LogP contribution >= 0.6 is 23.2 Å². The van der Waals surface area contributed by atoms with Gasteiger partial charge in [0.25, 0.3) is 5.91 Å². The minimum atomic E-state index is -3.36. The van der Waals surface area contributed by atoms with Crippen LogP contribution in [0.5, 0.6) is 0 Å². The standard InChI is InChI=1S/C23H20Cl2N2O4S/c1-14-5-3-4-6-16(14)11-21(28)26-17-12-19(24)22(20(25)13-17)27-23(29)15-7-9-18(10-8-15)32(2,30)31/h3-10,12-13H,11H2,1-2H3,(H,26,28)(H,27,29). The highest BCUT2D eigenvalue weighted by Gasteiger charge is 2.15. The molecule has 0 unspecified atom stereocenters. The number of rotatable bonds is 6. The summed E-state index contributed by atoms with van der Waals surface area (Å²) in [5, 5.41) is 5.66. The Morgan fingerprint density at radius 3 is 2.06 bits per heavy atom. The number of sulfone groups is 1. The maximum Gasteiger partial charge on any atom is 0.255 e. The lowest BCUT2D eigenvalue weighted by molar-refractivity contribution is -0.115. The summed E-state index contributed by atoms with van der Waals surface area (Å²) >= 11 is 12.6. The van der Waals surface area contributed by atoms with Gasteiger partial charge in [0.15, 0.2) is 9.84 Å². The third-order valence-electron chi connectivity index (χ3n) is 4.72. The van der Waals surface area contributed by atoms with Crippen molar-refractivity contribution in [2.75, 3.05) is 16.9 Å². The second-order valence-electron chi connectivity index (χ2n) is 7.22. The van der Waals surface area contributed by atoms with Crippen molar-refractivity contribution in [2.24, 2.45) is 0 Å². The topological polar surface area (TPSA) is 92.3 Å². The lowest BCUT2D eigenvalue weighted by Gasteiger charge is -2.13. The first-order chi connectivity index (χ1) is 15.0. The van der Waals surface area contributed by atoms with Gasteiger partial charge in [0.05, 0.1) is 27.0 Å². The van der Waals surface area contributed by atoms with Gasteiger partial charge in [-0.3, -0.25) is 9.59 Å². The molecule has 3 rings (SSSR count). The molecule has 3 aromatic rings. The van der Waals surface area contributed by atoms with Crippen LogP contribution in [0.4, 0.5) is 11.4 Å². The van der Waals surface area contributed by atoms with Crippen LogP contribution in [0.1, 0.15) is 21.5 Å². The van der Waals surface area contributed by atoms with E-state index in [-0.39, 0.29) is 38.5 Å². The number of nitrogens with one attached hydrogen (secondary N) is 2. The Kier molecular flexibility index (Phi) is 7.23. The molecule has 0 spiro atoms. The van der Waals surface area contributed by atoms with Gasteiger partial charge in [-0.2, -0.15) is 0 Å². The van der Waals surface area contributed by atoms with Gasteiger partial charge in [0, 0.05) is 17.5 Å². The Morgan fingerprint density at radius 1 is 0.906 bits per heavy atom. The summed E-state index contributed by atoms with van der Waals surface area (Å²) in [4.78, 5) is 25.0. The number of hydrogen-bond donors (Lipinski definition) is 2. The summed E-state index contributed by atoms with van der Waals surface area (Å²) < 4.78 is 23.1. The van der Waals surface area contributed by atoms with Crippen molar-refractivity contribution in [1.82, 2.24) is 0 Å². The van der Waals surface area contributed by atoms with E-state index in [9.17, 15) is 18.0 Å². The molecule has 9 heteroatoms. The number of halogens is 2. The molecule has 3 aromatic carbocycles. The fraction of sp³-hybridized carbons (Fsp3) is 0.130. The van der Waals surface area contributed by atoms with Crippen LogP contribution in [0.3, 0.4) is 0 Å². The monoisotopic (exact) mass is 490 g/mol. The van der Waals surface area contributed by atoms with E-state index in [1.165, 1.54) is 36.4 Å². The van der Waals surface area contributed by atoms with Crippen LogP contribution in [0, 0.1) is 6.92 Å². The number of carbonyl (C=O) groups is 2. The highest BCUT2D eigenvalue weighted by Crippen LogP contribution is 2.34. The zero-order valence-electron chi connectivity index (χ0n) is 17.3. The molecule has 0 aromatic heterocycles. The van der Waals surface area contributed by atoms with Crippen molar-refractivity contribution < 1.29 is 18.0 Å². The van der Waals surface area contributed by atoms with E-state index in [0.29, 0.717) is 5.69 Å². The Morgan fingerprint density at radius 2 is 1.50 bits per heavy atom. The summed E-state index contributed by atoms with van der Waals surface area (Å²) in [6.07, 6.45) is 1.28. The molecule has 0 saturated carbocycles. The molecule has 0 heterocycles. The molecule has 0 bridgehead atoms. The lowest BCUT2D eigenvalue weighted by atomic mass is 10.1. The van der Waals surface area contributed by atoms with Crippen LogP contribution in [-0.4, -0.2) is 26.5 Å². The van der Waals surface area contributed by atoms with Crippen LogP contribution in [0.15, 0.2) is 65.6 Å². The van der Waals surface area contributed by atoms with Gasteiger partial charge in [-0.1, -0.05) is 47.5 Å². The molecule has 0 aliphatic carbocycles. The molecule has 32 heavy (non-hydrogen) atoms. The molecule has 0 saturated heterocycles. The van der Waals surface area contributed by atoms with Crippen LogP contribution in [0.2, 0.25) is 10.0 Å². The number of benzene rings is 3. The van der Waals surface area contributed by atoms with Crippen molar-refractivity contribution in [3.8, 4) is 0 Å². The first-order valence-electron chi connectivity index (χ1n) is 9.49. The van der Waals surface area contributed by atoms with Gasteiger partial charge < -0.3 is 10.6 Å². The van der Waals surface area contributed by atoms with Crippen LogP contribution in [-0.2, 0) is 21.1 Å². The number of amides is 2. The minimum absolute atomic E-state index is 0.107. The second kappa shape index (κ2) is 9.73. The van der Waals surface area contributed by atoms with Crippen molar-refractivity contribution in [3.63, 3.8) is 0 Å². The molecule has 0 atom stereocenters. The zero-order valence-corrected chi connectivity index (χ0v) is 19.6. The SMILES string of the molecule is Cc1ccccc1CC(=O)Nc1cc(Cl)c(NC(=O)c2ccc(S(C)(=O)=O)cc2)c(Cl)c1. The third-order valence-corrected chi connectivity index (χ3v) is 6.45. The van der Waals surface area contributed by atoms with Crippen LogP contribution in [0.25, 0.3) is 0 Å². The summed E-state index contributed by atoms with van der Waals surface area (Å²) in [5.74, 6) is -0.737. The number of carbonyl (C=O) groups excluding carboxylic acids is 2. The first-order valence-corrected chi connectivity index (χ1v) is 12.1. The Balaban J connectivity index is 1.72. The number of hydrogen-bond acceptors (Lipinski definition) is 4. The third kappa shape index (κ3) is 5.88. The van der Waals surface area contributed by atoms with E-state index in [1.54, 1.807) is 0 Å². The molecule has 0 aliphatic heterocycles. The van der Waals surface area contributed by atoms with Crippen molar-refractivity contribution in [1.29, 1.82) is 0 Å². The van der Waals surface area contributed by atoms with Crippen molar-refractivity contribution >= 4 is 56.2 Å². The molecule has 0 aliphatic rings. The molecule has 2 N–H and O–H groups in total. The minimum Gasteiger partial charge on any atom is -0.326 e. The molecular formula is C23H20Cl2N2O4S. The Hall–Kier alpha value is -2.87. The lowest BCUT2D eigenvalue weighted by Crippen LogP contribution is -2.16. The molecule has 166 valence electrons. The summed E-state index contributed by atoms with van der Waals surface area (Å²) in [7, 11) is -3.36. The second-order valence-corrected chi connectivity index (χ2v) is 10.0. The van der Waals surface area contributed by atoms with E-state index in [0.717, 1.165) is 17.4 Å². The fourth-order valence-corrected chi connectivity index (χ4v) is 4.20. The van der Waals surface area contributed by atoms with E-state index < -0.39 is 15.7 Å². The predicted octanol–water partition coefficient (Wildman–Crippen LogP) is 5.14. The maximum absolute atomic E-state index is 12.5. The normalized spacial score (nSPS) is 11.1. The fourth-order valence-electron chi connectivity index (χ4n) is 2.99. The molecule has 0 fully saturated rings. The van der Waals surface area contributed by atoms with Crippen molar-refractivity contribution in [2.45, 2.75) is 18.2 Å². The smallest absolute Gasteiger partial charge is 0.255 e. The van der Waals surface area contributed by atoms with Crippen LogP contribution < -0.4 is 10.6 Å². The van der Waals surface area contributed by atoms with E-state index in [4.69, 9.17) is 23.2 Å². The Bertz CT molecular complexity index is 1270. The molecule has 6 nitrogen and oxygen atoms in total. The van der Waals surface area contributed by atoms with E-state index >= 15 is 0 Å². The Labute approximate surface area is 196 Å². The summed E-state index contributed by atoms with van der Waals surface area (Å²) in [6, 6.07) is 16.1.